The van der Waals surface area contributed by atoms with Crippen LogP contribution >= 0.6 is 0 Å². The standard InChI is InChI=1S/C11H20O10/c12-1-4-6(15)7(16)8(17)11(20-4)21-9-5(14)3(13)2-19-10(9)18/h3-18H,1-2H2/t3-,4-,5+,6+,7+,8-,9-,10+,11?/m1/s1. The van der Waals surface area contributed by atoms with E-state index >= 15 is 0 Å². The number of ether oxygens (including phenoxy) is 3. The molecule has 2 fully saturated rings. The Kier molecular flexibility index (Phi) is 5.48. The van der Waals surface area contributed by atoms with Crippen LogP contribution in [0.4, 0.5) is 0 Å². The minimum Gasteiger partial charge on any atom is -0.394 e. The summed E-state index contributed by atoms with van der Waals surface area (Å²) in [6.07, 6.45) is -13.4. The maximum absolute atomic E-state index is 9.78. The maximum atomic E-state index is 9.78. The van der Waals surface area contributed by atoms with Crippen LogP contribution < -0.4 is 0 Å². The van der Waals surface area contributed by atoms with Gasteiger partial charge in [0.2, 0.25) is 0 Å². The third-order valence-corrected chi connectivity index (χ3v) is 3.59. The van der Waals surface area contributed by atoms with E-state index in [9.17, 15) is 30.6 Å². The first kappa shape index (κ1) is 17.0. The van der Waals surface area contributed by atoms with E-state index in [1.165, 1.54) is 0 Å². The minimum atomic E-state index is -1.68. The lowest BCUT2D eigenvalue weighted by molar-refractivity contribution is -0.352. The van der Waals surface area contributed by atoms with Crippen molar-refractivity contribution in [1.82, 2.24) is 0 Å². The third kappa shape index (κ3) is 3.35. The molecule has 2 aliphatic heterocycles. The Labute approximate surface area is 119 Å². The summed E-state index contributed by atoms with van der Waals surface area (Å²) in [6, 6.07) is 0. The molecule has 0 saturated carbocycles. The van der Waals surface area contributed by atoms with Crippen molar-refractivity contribution in [2.45, 2.75) is 55.3 Å². The average Bonchev–Trinajstić information content (AvgIpc) is 2.47. The molecule has 10 heteroatoms. The molecule has 2 rings (SSSR count). The fraction of sp³-hybridized carbons (Fsp3) is 1.00. The van der Waals surface area contributed by atoms with Crippen molar-refractivity contribution in [2.24, 2.45) is 0 Å². The molecule has 2 saturated heterocycles. The molecule has 0 aliphatic carbocycles. The highest BCUT2D eigenvalue weighted by atomic mass is 16.7. The molecular formula is C11H20O10. The monoisotopic (exact) mass is 312 g/mol. The first-order chi connectivity index (χ1) is 9.86. The lowest BCUT2D eigenvalue weighted by Gasteiger charge is -2.43. The van der Waals surface area contributed by atoms with Crippen LogP contribution in [0.25, 0.3) is 0 Å². The molecule has 9 atom stereocenters. The molecule has 0 spiro atoms. The van der Waals surface area contributed by atoms with E-state index in [2.05, 4.69) is 0 Å². The van der Waals surface area contributed by atoms with E-state index < -0.39 is 61.9 Å². The summed E-state index contributed by atoms with van der Waals surface area (Å²) in [7, 11) is 0. The molecule has 1 unspecified atom stereocenters. The molecule has 0 radical (unpaired) electrons. The first-order valence-electron chi connectivity index (χ1n) is 6.48. The Morgan fingerprint density at radius 3 is 2.19 bits per heavy atom. The van der Waals surface area contributed by atoms with Crippen LogP contribution in [0.5, 0.6) is 0 Å². The van der Waals surface area contributed by atoms with Gasteiger partial charge >= 0.3 is 0 Å². The summed E-state index contributed by atoms with van der Waals surface area (Å²) in [5.74, 6) is 0. The molecule has 0 aromatic rings. The fourth-order valence-electron chi connectivity index (χ4n) is 2.26. The second-order valence-corrected chi connectivity index (χ2v) is 5.08. The van der Waals surface area contributed by atoms with Crippen LogP contribution in [0.15, 0.2) is 0 Å². The van der Waals surface area contributed by atoms with Crippen molar-refractivity contribution in [3.05, 3.63) is 0 Å². The normalized spacial score (nSPS) is 51.9. The molecule has 0 aromatic heterocycles. The number of hydrogen-bond acceptors (Lipinski definition) is 10. The Morgan fingerprint density at radius 1 is 0.905 bits per heavy atom. The van der Waals surface area contributed by atoms with Gasteiger partial charge in [-0.2, -0.15) is 0 Å². The van der Waals surface area contributed by atoms with Crippen molar-refractivity contribution in [2.75, 3.05) is 13.2 Å². The molecule has 2 aliphatic rings. The number of aliphatic hydroxyl groups excluding tert-OH is 7. The van der Waals surface area contributed by atoms with Crippen molar-refractivity contribution in [3.8, 4) is 0 Å². The van der Waals surface area contributed by atoms with Crippen LogP contribution in [0.2, 0.25) is 0 Å². The van der Waals surface area contributed by atoms with Gasteiger partial charge in [0.05, 0.1) is 13.2 Å². The zero-order valence-electron chi connectivity index (χ0n) is 11.0. The Balaban J connectivity index is 2.06. The summed E-state index contributed by atoms with van der Waals surface area (Å²) in [6.45, 7) is -0.934. The largest absolute Gasteiger partial charge is 0.394 e. The third-order valence-electron chi connectivity index (χ3n) is 3.59. The molecule has 0 bridgehead atoms. The molecule has 2 heterocycles. The van der Waals surface area contributed by atoms with Gasteiger partial charge in [0.15, 0.2) is 12.6 Å². The van der Waals surface area contributed by atoms with E-state index in [1.807, 2.05) is 0 Å². The van der Waals surface area contributed by atoms with Gasteiger partial charge in [-0.1, -0.05) is 0 Å². The molecule has 21 heavy (non-hydrogen) atoms. The lowest BCUT2D eigenvalue weighted by atomic mass is 9.99. The molecule has 7 N–H and O–H groups in total. The van der Waals surface area contributed by atoms with Gasteiger partial charge in [-0.05, 0) is 0 Å². The summed E-state index contributed by atoms with van der Waals surface area (Å²) in [4.78, 5) is 0. The smallest absolute Gasteiger partial charge is 0.187 e. The zero-order chi connectivity index (χ0) is 15.7. The van der Waals surface area contributed by atoms with E-state index in [0.29, 0.717) is 0 Å². The summed E-state index contributed by atoms with van der Waals surface area (Å²) in [5.41, 5.74) is 0. The van der Waals surface area contributed by atoms with Crippen molar-refractivity contribution >= 4 is 0 Å². The minimum absolute atomic E-state index is 0.295. The van der Waals surface area contributed by atoms with E-state index in [0.717, 1.165) is 0 Å². The van der Waals surface area contributed by atoms with Crippen LogP contribution in [0.1, 0.15) is 0 Å². The Hall–Kier alpha value is -0.400. The molecule has 10 nitrogen and oxygen atoms in total. The highest BCUT2D eigenvalue weighted by Gasteiger charge is 2.48. The van der Waals surface area contributed by atoms with E-state index in [4.69, 9.17) is 19.3 Å². The van der Waals surface area contributed by atoms with Gasteiger partial charge < -0.3 is 50.0 Å². The predicted molar refractivity (Wildman–Crippen MR) is 62.6 cm³/mol. The van der Waals surface area contributed by atoms with Crippen LogP contribution in [0, 0.1) is 0 Å². The molecule has 124 valence electrons. The molecule has 0 amide bonds. The highest BCUT2D eigenvalue weighted by Crippen LogP contribution is 2.26. The van der Waals surface area contributed by atoms with Crippen molar-refractivity contribution in [1.29, 1.82) is 0 Å². The number of aliphatic hydroxyl groups is 7. The second kappa shape index (κ2) is 6.79. The Morgan fingerprint density at radius 2 is 1.57 bits per heavy atom. The van der Waals surface area contributed by atoms with Crippen molar-refractivity contribution in [3.63, 3.8) is 0 Å². The van der Waals surface area contributed by atoms with Crippen LogP contribution in [-0.2, 0) is 14.2 Å². The van der Waals surface area contributed by atoms with Crippen LogP contribution in [0.3, 0.4) is 0 Å². The molecular weight excluding hydrogens is 292 g/mol. The Bertz CT molecular complexity index is 339. The van der Waals surface area contributed by atoms with Gasteiger partial charge in [0.1, 0.15) is 42.7 Å². The van der Waals surface area contributed by atoms with Gasteiger partial charge in [-0.25, -0.2) is 0 Å². The topological polar surface area (TPSA) is 169 Å². The van der Waals surface area contributed by atoms with Gasteiger partial charge in [-0.15, -0.1) is 0 Å². The lowest BCUT2D eigenvalue weighted by Crippen LogP contribution is -2.62. The van der Waals surface area contributed by atoms with Gasteiger partial charge in [0.25, 0.3) is 0 Å². The predicted octanol–water partition coefficient (Wildman–Crippen LogP) is -4.76. The van der Waals surface area contributed by atoms with E-state index in [-0.39, 0.29) is 6.61 Å². The summed E-state index contributed by atoms with van der Waals surface area (Å²) < 4.78 is 15.0. The second-order valence-electron chi connectivity index (χ2n) is 5.08. The van der Waals surface area contributed by atoms with E-state index in [1.54, 1.807) is 0 Å². The zero-order valence-corrected chi connectivity index (χ0v) is 11.0. The fourth-order valence-corrected chi connectivity index (χ4v) is 2.26. The van der Waals surface area contributed by atoms with Gasteiger partial charge in [-0.3, -0.25) is 0 Å². The summed E-state index contributed by atoms with van der Waals surface area (Å²) >= 11 is 0. The highest BCUT2D eigenvalue weighted by molar-refractivity contribution is 4.91. The first-order valence-corrected chi connectivity index (χ1v) is 6.48. The SMILES string of the molecule is OC[C@H]1OC(O[C@@H]2[C@@H](O)[C@H](O)CO[C@@H]2O)[C@H](O)[C@@H](O)[C@H]1O. The summed E-state index contributed by atoms with van der Waals surface area (Å²) in [5, 5.41) is 66.8. The average molecular weight is 312 g/mol. The molecule has 0 aromatic carbocycles. The number of hydrogen-bond donors (Lipinski definition) is 7. The van der Waals surface area contributed by atoms with Crippen molar-refractivity contribution < 1.29 is 50.0 Å². The van der Waals surface area contributed by atoms with Crippen LogP contribution in [-0.4, -0.2) is 104 Å². The maximum Gasteiger partial charge on any atom is 0.187 e. The quantitative estimate of drug-likeness (QED) is 0.268. The number of rotatable bonds is 3. The van der Waals surface area contributed by atoms with Gasteiger partial charge in [0, 0.05) is 0 Å².